The van der Waals surface area contributed by atoms with Crippen molar-refractivity contribution >= 4 is 28.2 Å². The third-order valence-electron chi connectivity index (χ3n) is 6.23. The molecule has 0 atom stereocenters. The zero-order chi connectivity index (χ0) is 23.7. The summed E-state index contributed by atoms with van der Waals surface area (Å²) < 4.78 is 1.93. The van der Waals surface area contributed by atoms with Crippen molar-refractivity contribution in [3.63, 3.8) is 0 Å². The molecule has 34 heavy (non-hydrogen) atoms. The van der Waals surface area contributed by atoms with Crippen molar-refractivity contribution in [3.8, 4) is 22.8 Å². The first-order valence-corrected chi connectivity index (χ1v) is 11.1. The number of nitrogens with one attached hydrogen (secondary N) is 1. The molecule has 1 fully saturated rings. The van der Waals surface area contributed by atoms with Crippen molar-refractivity contribution < 1.29 is 20.1 Å². The summed E-state index contributed by atoms with van der Waals surface area (Å²) in [6, 6.07) is 19.2. The molecule has 0 aliphatic carbocycles. The smallest absolute Gasteiger partial charge is 0.335 e. The number of phenolic OH excluding ortho intramolecular Hbond substituents is 1. The number of aromatic nitrogens is 1. The van der Waals surface area contributed by atoms with Crippen molar-refractivity contribution in [3.05, 3.63) is 72.3 Å². The number of carbonyl (C=O) groups is 1. The normalized spacial score (nSPS) is 14.7. The molecule has 0 amide bonds. The minimum atomic E-state index is -1.04. The highest BCUT2D eigenvalue weighted by Crippen LogP contribution is 2.44. The SMILES string of the molecule is O=C(O)c1cccc(-c2cccc(N=Nc3c(O)n(C4CCNCC4)c4ccccc34)c2O)c1. The van der Waals surface area contributed by atoms with E-state index in [4.69, 9.17) is 0 Å². The Hall–Kier alpha value is -4.17. The molecule has 1 aromatic heterocycles. The fraction of sp³-hybridized carbons (Fsp3) is 0.192. The standard InChI is InChI=1S/C26H24N4O4/c31-24-19(16-5-3-6-17(15-16)26(33)34)8-4-9-21(24)28-29-23-20-7-1-2-10-22(20)30(25(23)32)18-11-13-27-14-12-18/h1-10,15,18,27,31-32H,11-14H2,(H,33,34). The molecule has 0 unspecified atom stereocenters. The number of aromatic carboxylic acids is 1. The molecule has 1 aliphatic rings. The van der Waals surface area contributed by atoms with E-state index in [1.807, 2.05) is 28.8 Å². The Labute approximate surface area is 195 Å². The van der Waals surface area contributed by atoms with Crippen LogP contribution in [-0.2, 0) is 0 Å². The lowest BCUT2D eigenvalue weighted by Crippen LogP contribution is -2.29. The van der Waals surface area contributed by atoms with Gasteiger partial charge in [-0.15, -0.1) is 10.2 Å². The largest absolute Gasteiger partial charge is 0.505 e. The van der Waals surface area contributed by atoms with E-state index in [9.17, 15) is 20.1 Å². The number of phenols is 1. The number of piperidine rings is 1. The Morgan fingerprint density at radius 2 is 1.71 bits per heavy atom. The van der Waals surface area contributed by atoms with E-state index in [-0.39, 0.29) is 28.9 Å². The van der Waals surface area contributed by atoms with Crippen molar-refractivity contribution in [1.82, 2.24) is 9.88 Å². The first-order valence-electron chi connectivity index (χ1n) is 11.1. The van der Waals surface area contributed by atoms with Crippen molar-refractivity contribution in [1.29, 1.82) is 0 Å². The van der Waals surface area contributed by atoms with Gasteiger partial charge in [-0.25, -0.2) is 4.79 Å². The molecule has 8 heteroatoms. The highest BCUT2D eigenvalue weighted by molar-refractivity contribution is 5.95. The van der Waals surface area contributed by atoms with Gasteiger partial charge in [-0.05, 0) is 55.8 Å². The van der Waals surface area contributed by atoms with Crippen LogP contribution in [-0.4, -0.2) is 38.9 Å². The van der Waals surface area contributed by atoms with Crippen LogP contribution in [0, 0.1) is 0 Å². The van der Waals surface area contributed by atoms with E-state index in [0.29, 0.717) is 16.8 Å². The van der Waals surface area contributed by atoms with Gasteiger partial charge in [0.1, 0.15) is 5.69 Å². The van der Waals surface area contributed by atoms with Crippen LogP contribution in [0.5, 0.6) is 11.6 Å². The molecule has 0 spiro atoms. The van der Waals surface area contributed by atoms with Crippen molar-refractivity contribution in [2.24, 2.45) is 10.2 Å². The van der Waals surface area contributed by atoms with E-state index in [1.54, 1.807) is 30.3 Å². The van der Waals surface area contributed by atoms with E-state index in [2.05, 4.69) is 15.5 Å². The minimum Gasteiger partial charge on any atom is -0.505 e. The molecule has 1 aliphatic heterocycles. The van der Waals surface area contributed by atoms with Crippen LogP contribution in [0.15, 0.2) is 77.0 Å². The average Bonchev–Trinajstić information content (AvgIpc) is 3.15. The second kappa shape index (κ2) is 8.99. The number of carboxylic acid groups (broad SMARTS) is 1. The van der Waals surface area contributed by atoms with Gasteiger partial charge in [-0.3, -0.25) is 0 Å². The summed E-state index contributed by atoms with van der Waals surface area (Å²) >= 11 is 0. The summed E-state index contributed by atoms with van der Waals surface area (Å²) in [4.78, 5) is 11.3. The molecule has 0 radical (unpaired) electrons. The number of azo groups is 1. The maximum absolute atomic E-state index is 11.3. The molecular formula is C26H24N4O4. The molecule has 1 saturated heterocycles. The average molecular weight is 457 g/mol. The minimum absolute atomic E-state index is 0.0571. The summed E-state index contributed by atoms with van der Waals surface area (Å²) in [5, 5.41) is 44.0. The highest BCUT2D eigenvalue weighted by Gasteiger charge is 2.24. The number of nitrogens with zero attached hydrogens (tertiary/aromatic N) is 3. The number of hydrogen-bond donors (Lipinski definition) is 4. The Balaban J connectivity index is 1.55. The summed E-state index contributed by atoms with van der Waals surface area (Å²) in [6.07, 6.45) is 1.81. The number of para-hydroxylation sites is 2. The molecule has 0 bridgehead atoms. The zero-order valence-electron chi connectivity index (χ0n) is 18.3. The lowest BCUT2D eigenvalue weighted by atomic mass is 10.0. The predicted molar refractivity (Wildman–Crippen MR) is 129 cm³/mol. The molecule has 0 saturated carbocycles. The first-order chi connectivity index (χ1) is 16.5. The van der Waals surface area contributed by atoms with E-state index >= 15 is 0 Å². The summed E-state index contributed by atoms with van der Waals surface area (Å²) in [5.74, 6) is -1.10. The van der Waals surface area contributed by atoms with Gasteiger partial charge in [-0.1, -0.05) is 42.5 Å². The fourth-order valence-corrected chi connectivity index (χ4v) is 4.53. The number of carboxylic acids is 1. The Morgan fingerprint density at radius 1 is 0.941 bits per heavy atom. The molecule has 172 valence electrons. The lowest BCUT2D eigenvalue weighted by Gasteiger charge is -2.25. The third kappa shape index (κ3) is 3.88. The molecule has 8 nitrogen and oxygen atoms in total. The van der Waals surface area contributed by atoms with Crippen LogP contribution in [0.3, 0.4) is 0 Å². The van der Waals surface area contributed by atoms with Crippen LogP contribution in [0.2, 0.25) is 0 Å². The zero-order valence-corrected chi connectivity index (χ0v) is 18.3. The second-order valence-corrected chi connectivity index (χ2v) is 8.30. The number of hydrogen-bond acceptors (Lipinski definition) is 6. The van der Waals surface area contributed by atoms with Crippen LogP contribution in [0.1, 0.15) is 29.2 Å². The molecule has 5 rings (SSSR count). The number of benzene rings is 3. The second-order valence-electron chi connectivity index (χ2n) is 8.30. The molecule has 2 heterocycles. The lowest BCUT2D eigenvalue weighted by molar-refractivity contribution is 0.0697. The van der Waals surface area contributed by atoms with E-state index < -0.39 is 5.97 Å². The summed E-state index contributed by atoms with van der Waals surface area (Å²) in [6.45, 7) is 1.77. The molecule has 4 N–H and O–H groups in total. The van der Waals surface area contributed by atoms with Gasteiger partial charge in [0.05, 0.1) is 11.1 Å². The van der Waals surface area contributed by atoms with Gasteiger partial charge in [-0.2, -0.15) is 0 Å². The summed E-state index contributed by atoms with van der Waals surface area (Å²) in [7, 11) is 0. The molecule has 3 aromatic carbocycles. The van der Waals surface area contributed by atoms with Gasteiger partial charge in [0, 0.05) is 17.0 Å². The monoisotopic (exact) mass is 456 g/mol. The maximum Gasteiger partial charge on any atom is 0.335 e. The topological polar surface area (TPSA) is 119 Å². The van der Waals surface area contributed by atoms with Crippen LogP contribution >= 0.6 is 0 Å². The number of aromatic hydroxyl groups is 2. The van der Waals surface area contributed by atoms with Crippen LogP contribution < -0.4 is 5.32 Å². The quantitative estimate of drug-likeness (QED) is 0.285. The van der Waals surface area contributed by atoms with Gasteiger partial charge < -0.3 is 25.2 Å². The van der Waals surface area contributed by atoms with Gasteiger partial charge >= 0.3 is 5.97 Å². The Morgan fingerprint density at radius 3 is 2.50 bits per heavy atom. The van der Waals surface area contributed by atoms with Gasteiger partial charge in [0.2, 0.25) is 5.88 Å². The first kappa shape index (κ1) is 21.7. The van der Waals surface area contributed by atoms with Crippen LogP contribution in [0.25, 0.3) is 22.0 Å². The van der Waals surface area contributed by atoms with Crippen molar-refractivity contribution in [2.45, 2.75) is 18.9 Å². The molecular weight excluding hydrogens is 432 g/mol. The van der Waals surface area contributed by atoms with E-state index in [1.165, 1.54) is 12.1 Å². The summed E-state index contributed by atoms with van der Waals surface area (Å²) in [5.41, 5.74) is 2.59. The Kier molecular flexibility index (Phi) is 5.73. The van der Waals surface area contributed by atoms with Gasteiger partial charge in [0.25, 0.3) is 0 Å². The number of fused-ring (bicyclic) bond motifs is 1. The van der Waals surface area contributed by atoms with Crippen molar-refractivity contribution in [2.75, 3.05) is 13.1 Å². The van der Waals surface area contributed by atoms with Gasteiger partial charge in [0.15, 0.2) is 11.4 Å². The predicted octanol–water partition coefficient (Wildman–Crippen LogP) is 5.76. The highest BCUT2D eigenvalue weighted by atomic mass is 16.4. The third-order valence-corrected chi connectivity index (χ3v) is 6.23. The Bertz CT molecular complexity index is 1400. The fourth-order valence-electron chi connectivity index (χ4n) is 4.53. The van der Waals surface area contributed by atoms with E-state index in [0.717, 1.165) is 36.8 Å². The molecule has 4 aromatic rings. The maximum atomic E-state index is 11.3. The number of rotatable bonds is 5. The van der Waals surface area contributed by atoms with Crippen LogP contribution in [0.4, 0.5) is 11.4 Å².